The standard InChI is InChI=1S/C18H28O/c1-5-7-17-14-15(3)8-9-16(17)10-11-18(4,6-2)12-13-19/h8-9,13-14H,5-7,10-12H2,1-4H3. The van der Waals surface area contributed by atoms with E-state index in [1.807, 2.05) is 0 Å². The van der Waals surface area contributed by atoms with Crippen LogP contribution in [0.4, 0.5) is 0 Å². The van der Waals surface area contributed by atoms with Gasteiger partial charge in [-0.15, -0.1) is 0 Å². The SMILES string of the molecule is CCCc1cc(C)ccc1CCC(C)(CC)CC=O. The minimum Gasteiger partial charge on any atom is -0.303 e. The van der Waals surface area contributed by atoms with Crippen LogP contribution >= 0.6 is 0 Å². The zero-order chi connectivity index (χ0) is 14.3. The maximum atomic E-state index is 10.8. The third-order valence-electron chi connectivity index (χ3n) is 4.31. The van der Waals surface area contributed by atoms with Gasteiger partial charge in [0.05, 0.1) is 0 Å². The van der Waals surface area contributed by atoms with Gasteiger partial charge in [-0.25, -0.2) is 0 Å². The van der Waals surface area contributed by atoms with Crippen molar-refractivity contribution in [1.82, 2.24) is 0 Å². The predicted molar refractivity (Wildman–Crippen MR) is 82.6 cm³/mol. The van der Waals surface area contributed by atoms with Crippen LogP contribution in [0.25, 0.3) is 0 Å². The fourth-order valence-electron chi connectivity index (χ4n) is 2.56. The van der Waals surface area contributed by atoms with Crippen molar-refractivity contribution in [3.63, 3.8) is 0 Å². The third kappa shape index (κ3) is 4.81. The fraction of sp³-hybridized carbons (Fsp3) is 0.611. The molecule has 0 amide bonds. The highest BCUT2D eigenvalue weighted by molar-refractivity contribution is 5.50. The normalized spacial score (nSPS) is 14.1. The number of carbonyl (C=O) groups is 1. The van der Waals surface area contributed by atoms with Crippen LogP contribution < -0.4 is 0 Å². The van der Waals surface area contributed by atoms with E-state index in [4.69, 9.17) is 0 Å². The summed E-state index contributed by atoms with van der Waals surface area (Å²) in [6.45, 7) is 8.81. The van der Waals surface area contributed by atoms with E-state index in [1.165, 1.54) is 23.1 Å². The van der Waals surface area contributed by atoms with Crippen molar-refractivity contribution in [2.75, 3.05) is 0 Å². The number of benzene rings is 1. The van der Waals surface area contributed by atoms with Crippen LogP contribution in [-0.2, 0) is 17.6 Å². The van der Waals surface area contributed by atoms with Crippen molar-refractivity contribution in [2.45, 2.75) is 66.2 Å². The first-order chi connectivity index (χ1) is 9.04. The molecule has 0 radical (unpaired) electrons. The summed E-state index contributed by atoms with van der Waals surface area (Å²) >= 11 is 0. The minimum atomic E-state index is 0.163. The maximum absolute atomic E-state index is 10.8. The van der Waals surface area contributed by atoms with Gasteiger partial charge in [-0.1, -0.05) is 57.4 Å². The first-order valence-corrected chi connectivity index (χ1v) is 7.56. The molecule has 0 aliphatic heterocycles. The van der Waals surface area contributed by atoms with Gasteiger partial charge >= 0.3 is 0 Å². The van der Waals surface area contributed by atoms with Gasteiger partial charge in [-0.05, 0) is 42.7 Å². The molecule has 1 aromatic carbocycles. The zero-order valence-electron chi connectivity index (χ0n) is 13.0. The van der Waals surface area contributed by atoms with Gasteiger partial charge in [0.15, 0.2) is 0 Å². The molecule has 1 heteroatoms. The Morgan fingerprint density at radius 2 is 1.89 bits per heavy atom. The summed E-state index contributed by atoms with van der Waals surface area (Å²) < 4.78 is 0. The van der Waals surface area contributed by atoms with E-state index < -0.39 is 0 Å². The Morgan fingerprint density at radius 3 is 2.47 bits per heavy atom. The van der Waals surface area contributed by atoms with Crippen molar-refractivity contribution in [2.24, 2.45) is 5.41 Å². The van der Waals surface area contributed by atoms with E-state index in [0.29, 0.717) is 6.42 Å². The smallest absolute Gasteiger partial charge is 0.120 e. The van der Waals surface area contributed by atoms with E-state index in [9.17, 15) is 4.79 Å². The first-order valence-electron chi connectivity index (χ1n) is 7.56. The summed E-state index contributed by atoms with van der Waals surface area (Å²) in [5, 5.41) is 0. The van der Waals surface area contributed by atoms with Crippen LogP contribution in [0.3, 0.4) is 0 Å². The molecule has 1 atom stereocenters. The Bertz CT molecular complexity index is 408. The number of rotatable bonds is 8. The van der Waals surface area contributed by atoms with Crippen molar-refractivity contribution in [1.29, 1.82) is 0 Å². The lowest BCUT2D eigenvalue weighted by Crippen LogP contribution is -2.17. The topological polar surface area (TPSA) is 17.1 Å². The lowest BCUT2D eigenvalue weighted by molar-refractivity contribution is -0.109. The van der Waals surface area contributed by atoms with Crippen LogP contribution in [-0.4, -0.2) is 6.29 Å². The summed E-state index contributed by atoms with van der Waals surface area (Å²) in [6, 6.07) is 6.80. The number of aldehydes is 1. The van der Waals surface area contributed by atoms with Crippen LogP contribution in [0.5, 0.6) is 0 Å². The Morgan fingerprint density at radius 1 is 1.16 bits per heavy atom. The van der Waals surface area contributed by atoms with Crippen LogP contribution in [0.2, 0.25) is 0 Å². The summed E-state index contributed by atoms with van der Waals surface area (Å²) in [6.07, 6.45) is 7.37. The summed E-state index contributed by atoms with van der Waals surface area (Å²) in [5.41, 5.74) is 4.47. The Labute approximate surface area is 118 Å². The second-order valence-corrected chi connectivity index (χ2v) is 6.06. The second kappa shape index (κ2) is 7.47. The van der Waals surface area contributed by atoms with Crippen LogP contribution in [0.15, 0.2) is 18.2 Å². The average molecular weight is 260 g/mol. The van der Waals surface area contributed by atoms with Gasteiger partial charge in [0.25, 0.3) is 0 Å². The minimum absolute atomic E-state index is 0.163. The van der Waals surface area contributed by atoms with Crippen LogP contribution in [0, 0.1) is 12.3 Å². The molecule has 0 aliphatic carbocycles. The molecular weight excluding hydrogens is 232 g/mol. The van der Waals surface area contributed by atoms with Gasteiger partial charge in [0, 0.05) is 6.42 Å². The van der Waals surface area contributed by atoms with E-state index >= 15 is 0 Å². The van der Waals surface area contributed by atoms with Crippen molar-refractivity contribution >= 4 is 6.29 Å². The molecule has 0 heterocycles. The van der Waals surface area contributed by atoms with E-state index in [2.05, 4.69) is 45.9 Å². The molecule has 1 unspecified atom stereocenters. The summed E-state index contributed by atoms with van der Waals surface area (Å²) in [7, 11) is 0. The molecule has 106 valence electrons. The molecule has 0 fully saturated rings. The predicted octanol–water partition coefficient (Wildman–Crippen LogP) is 4.89. The fourth-order valence-corrected chi connectivity index (χ4v) is 2.56. The Hall–Kier alpha value is -1.11. The number of carbonyl (C=O) groups excluding carboxylic acids is 1. The molecular formula is C18H28O. The number of hydrogen-bond acceptors (Lipinski definition) is 1. The lowest BCUT2D eigenvalue weighted by Gasteiger charge is -2.26. The zero-order valence-corrected chi connectivity index (χ0v) is 13.0. The van der Waals surface area contributed by atoms with E-state index in [1.54, 1.807) is 0 Å². The average Bonchev–Trinajstić information content (AvgIpc) is 2.38. The first kappa shape index (κ1) is 15.9. The summed E-state index contributed by atoms with van der Waals surface area (Å²) in [4.78, 5) is 10.8. The van der Waals surface area contributed by atoms with Gasteiger partial charge in [-0.2, -0.15) is 0 Å². The number of aryl methyl sites for hydroxylation is 3. The monoisotopic (exact) mass is 260 g/mol. The third-order valence-corrected chi connectivity index (χ3v) is 4.31. The van der Waals surface area contributed by atoms with E-state index in [0.717, 1.165) is 32.0 Å². The number of hydrogen-bond donors (Lipinski definition) is 0. The van der Waals surface area contributed by atoms with Gasteiger partial charge < -0.3 is 4.79 Å². The molecule has 0 saturated carbocycles. The van der Waals surface area contributed by atoms with Crippen LogP contribution in [0.1, 0.15) is 63.1 Å². The molecule has 0 saturated heterocycles. The Kier molecular flexibility index (Phi) is 6.27. The van der Waals surface area contributed by atoms with Gasteiger partial charge in [0.2, 0.25) is 0 Å². The molecule has 19 heavy (non-hydrogen) atoms. The second-order valence-electron chi connectivity index (χ2n) is 6.06. The van der Waals surface area contributed by atoms with Crippen molar-refractivity contribution in [3.05, 3.63) is 34.9 Å². The van der Waals surface area contributed by atoms with Gasteiger partial charge in [0.1, 0.15) is 6.29 Å². The molecule has 0 bridgehead atoms. The maximum Gasteiger partial charge on any atom is 0.120 e. The molecule has 0 aromatic heterocycles. The quantitative estimate of drug-likeness (QED) is 0.608. The molecule has 0 N–H and O–H groups in total. The van der Waals surface area contributed by atoms with Crippen molar-refractivity contribution in [3.8, 4) is 0 Å². The van der Waals surface area contributed by atoms with Crippen molar-refractivity contribution < 1.29 is 4.79 Å². The largest absolute Gasteiger partial charge is 0.303 e. The molecule has 1 aromatic rings. The summed E-state index contributed by atoms with van der Waals surface area (Å²) in [5.74, 6) is 0. The molecule has 0 spiro atoms. The highest BCUT2D eigenvalue weighted by Gasteiger charge is 2.21. The van der Waals surface area contributed by atoms with E-state index in [-0.39, 0.29) is 5.41 Å². The molecule has 1 nitrogen and oxygen atoms in total. The molecule has 1 rings (SSSR count). The highest BCUT2D eigenvalue weighted by Crippen LogP contribution is 2.31. The Balaban J connectivity index is 2.78. The molecule has 0 aliphatic rings. The highest BCUT2D eigenvalue weighted by atomic mass is 16.1. The van der Waals surface area contributed by atoms with Gasteiger partial charge in [-0.3, -0.25) is 0 Å². The lowest BCUT2D eigenvalue weighted by atomic mass is 9.78.